The van der Waals surface area contributed by atoms with E-state index in [1.165, 1.54) is 5.69 Å². The molecule has 0 bridgehead atoms. The van der Waals surface area contributed by atoms with Crippen LogP contribution in [0.3, 0.4) is 0 Å². The van der Waals surface area contributed by atoms with Crippen LogP contribution in [0.1, 0.15) is 19.4 Å². The van der Waals surface area contributed by atoms with E-state index in [-0.39, 0.29) is 0 Å². The summed E-state index contributed by atoms with van der Waals surface area (Å²) in [5.41, 5.74) is 0.683. The highest BCUT2D eigenvalue weighted by atomic mass is 19.1. The molecule has 0 atom stereocenters. The molecule has 1 fully saturated rings. The monoisotopic (exact) mass is 222 g/mol. The maximum atomic E-state index is 13.7. The summed E-state index contributed by atoms with van der Waals surface area (Å²) < 4.78 is 13.7. The summed E-state index contributed by atoms with van der Waals surface area (Å²) in [7, 11) is 0. The van der Waals surface area contributed by atoms with Crippen molar-refractivity contribution in [2.24, 2.45) is 0 Å². The van der Waals surface area contributed by atoms with Gasteiger partial charge < -0.3 is 10.2 Å². The summed E-state index contributed by atoms with van der Waals surface area (Å²) in [5.74, 6) is 0. The maximum Gasteiger partial charge on any atom is 0.130 e. The Kier molecular flexibility index (Phi) is 3.15. The quantitative estimate of drug-likeness (QED) is 0.826. The largest absolute Gasteiger partial charge is 0.369 e. The average Bonchev–Trinajstić information content (AvgIpc) is 2.29. The SMILES string of the molecule is CC(C)(F)c1ccc(N2CCNCC2)cc1. The van der Waals surface area contributed by atoms with Gasteiger partial charge >= 0.3 is 0 Å². The standard InChI is InChI=1S/C13H19FN2/c1-13(2,14)11-3-5-12(6-4-11)16-9-7-15-8-10-16/h3-6,15H,7-10H2,1-2H3. The lowest BCUT2D eigenvalue weighted by Gasteiger charge is -2.29. The molecule has 1 aliphatic rings. The first-order chi connectivity index (χ1) is 7.57. The number of hydrogen-bond donors (Lipinski definition) is 1. The van der Waals surface area contributed by atoms with Crippen LogP contribution < -0.4 is 10.2 Å². The predicted molar refractivity (Wildman–Crippen MR) is 65.7 cm³/mol. The van der Waals surface area contributed by atoms with E-state index < -0.39 is 5.67 Å². The molecule has 0 aliphatic carbocycles. The van der Waals surface area contributed by atoms with E-state index in [1.54, 1.807) is 13.8 Å². The van der Waals surface area contributed by atoms with Crippen LogP contribution in [0.25, 0.3) is 0 Å². The van der Waals surface area contributed by atoms with E-state index in [1.807, 2.05) is 24.3 Å². The molecule has 0 aromatic heterocycles. The summed E-state index contributed by atoms with van der Waals surface area (Å²) in [5, 5.41) is 3.32. The fraction of sp³-hybridized carbons (Fsp3) is 0.538. The number of halogens is 1. The maximum absolute atomic E-state index is 13.7. The van der Waals surface area contributed by atoms with Crippen molar-refractivity contribution in [3.63, 3.8) is 0 Å². The van der Waals surface area contributed by atoms with Gasteiger partial charge in [-0.2, -0.15) is 0 Å². The molecular formula is C13H19FN2. The van der Waals surface area contributed by atoms with Gasteiger partial charge in [-0.05, 0) is 31.5 Å². The van der Waals surface area contributed by atoms with E-state index in [4.69, 9.17) is 0 Å². The van der Waals surface area contributed by atoms with Crippen LogP contribution >= 0.6 is 0 Å². The number of hydrogen-bond acceptors (Lipinski definition) is 2. The molecule has 1 heterocycles. The average molecular weight is 222 g/mol. The molecule has 2 nitrogen and oxygen atoms in total. The molecule has 1 saturated heterocycles. The summed E-state index contributed by atoms with van der Waals surface area (Å²) in [4.78, 5) is 2.32. The molecular weight excluding hydrogens is 203 g/mol. The molecule has 88 valence electrons. The first-order valence-corrected chi connectivity index (χ1v) is 5.82. The van der Waals surface area contributed by atoms with Crippen LogP contribution in [-0.2, 0) is 5.67 Å². The Hall–Kier alpha value is -1.09. The van der Waals surface area contributed by atoms with E-state index in [0.717, 1.165) is 31.7 Å². The highest BCUT2D eigenvalue weighted by Crippen LogP contribution is 2.26. The van der Waals surface area contributed by atoms with Gasteiger partial charge in [0, 0.05) is 31.9 Å². The smallest absolute Gasteiger partial charge is 0.130 e. The molecule has 0 spiro atoms. The molecule has 3 heteroatoms. The van der Waals surface area contributed by atoms with Crippen molar-refractivity contribution in [1.82, 2.24) is 5.32 Å². The van der Waals surface area contributed by atoms with Crippen LogP contribution in [0.4, 0.5) is 10.1 Å². The molecule has 1 N–H and O–H groups in total. The zero-order valence-electron chi connectivity index (χ0n) is 9.96. The molecule has 1 aromatic rings. The van der Waals surface area contributed by atoms with Crippen molar-refractivity contribution in [3.8, 4) is 0 Å². The van der Waals surface area contributed by atoms with E-state index in [0.29, 0.717) is 0 Å². The highest BCUT2D eigenvalue weighted by molar-refractivity contribution is 5.48. The summed E-state index contributed by atoms with van der Waals surface area (Å²) >= 11 is 0. The van der Waals surface area contributed by atoms with Crippen LogP contribution in [-0.4, -0.2) is 26.2 Å². The Morgan fingerprint density at radius 1 is 1.12 bits per heavy atom. The number of nitrogens with zero attached hydrogens (tertiary/aromatic N) is 1. The van der Waals surface area contributed by atoms with Gasteiger partial charge in [-0.3, -0.25) is 0 Å². The molecule has 1 aliphatic heterocycles. The molecule has 0 unspecified atom stereocenters. The molecule has 0 amide bonds. The first kappa shape index (κ1) is 11.4. The molecule has 0 saturated carbocycles. The fourth-order valence-corrected chi connectivity index (χ4v) is 1.99. The van der Waals surface area contributed by atoms with Crippen molar-refractivity contribution in [1.29, 1.82) is 0 Å². The van der Waals surface area contributed by atoms with Gasteiger partial charge in [0.25, 0.3) is 0 Å². The van der Waals surface area contributed by atoms with Crippen LogP contribution in [0.5, 0.6) is 0 Å². The number of rotatable bonds is 2. The number of alkyl halides is 1. The summed E-state index contributed by atoms with van der Waals surface area (Å²) in [6, 6.07) is 7.80. The van der Waals surface area contributed by atoms with Crippen LogP contribution in [0, 0.1) is 0 Å². The third kappa shape index (κ3) is 2.53. The lowest BCUT2D eigenvalue weighted by Crippen LogP contribution is -2.43. The van der Waals surface area contributed by atoms with E-state index in [9.17, 15) is 4.39 Å². The van der Waals surface area contributed by atoms with Gasteiger partial charge in [0.15, 0.2) is 0 Å². The second-order valence-electron chi connectivity index (χ2n) is 4.76. The van der Waals surface area contributed by atoms with Crippen LogP contribution in [0.15, 0.2) is 24.3 Å². The molecule has 1 aromatic carbocycles. The van der Waals surface area contributed by atoms with Crippen molar-refractivity contribution in [3.05, 3.63) is 29.8 Å². The number of nitrogens with one attached hydrogen (secondary N) is 1. The van der Waals surface area contributed by atoms with Gasteiger partial charge in [-0.1, -0.05) is 12.1 Å². The third-order valence-electron chi connectivity index (χ3n) is 3.04. The third-order valence-corrected chi connectivity index (χ3v) is 3.04. The van der Waals surface area contributed by atoms with Gasteiger partial charge in [-0.15, -0.1) is 0 Å². The minimum absolute atomic E-state index is 0.742. The van der Waals surface area contributed by atoms with Crippen molar-refractivity contribution < 1.29 is 4.39 Å². The van der Waals surface area contributed by atoms with Gasteiger partial charge in [0.1, 0.15) is 5.67 Å². The number of piperazine rings is 1. The van der Waals surface area contributed by atoms with Gasteiger partial charge in [-0.25, -0.2) is 4.39 Å². The van der Waals surface area contributed by atoms with Crippen molar-refractivity contribution >= 4 is 5.69 Å². The Balaban J connectivity index is 2.12. The topological polar surface area (TPSA) is 15.3 Å². The Morgan fingerprint density at radius 2 is 1.69 bits per heavy atom. The van der Waals surface area contributed by atoms with Crippen molar-refractivity contribution in [2.45, 2.75) is 19.5 Å². The second kappa shape index (κ2) is 4.42. The Labute approximate surface area is 96.5 Å². The minimum Gasteiger partial charge on any atom is -0.369 e. The molecule has 0 radical (unpaired) electrons. The zero-order valence-corrected chi connectivity index (χ0v) is 9.96. The predicted octanol–water partition coefficient (Wildman–Crippen LogP) is 2.30. The summed E-state index contributed by atoms with van der Waals surface area (Å²) in [6.45, 7) is 7.28. The lowest BCUT2D eigenvalue weighted by molar-refractivity contribution is 0.221. The summed E-state index contributed by atoms with van der Waals surface area (Å²) in [6.07, 6.45) is 0. The molecule has 2 rings (SSSR count). The number of benzene rings is 1. The fourth-order valence-electron chi connectivity index (χ4n) is 1.99. The number of anilines is 1. The normalized spacial score (nSPS) is 17.6. The van der Waals surface area contributed by atoms with Gasteiger partial charge in [0.2, 0.25) is 0 Å². The van der Waals surface area contributed by atoms with Gasteiger partial charge in [0.05, 0.1) is 0 Å². The zero-order chi connectivity index (χ0) is 11.6. The Bertz CT molecular complexity index is 334. The van der Waals surface area contributed by atoms with Crippen molar-refractivity contribution in [2.75, 3.05) is 31.1 Å². The molecule has 16 heavy (non-hydrogen) atoms. The van der Waals surface area contributed by atoms with E-state index in [2.05, 4.69) is 10.2 Å². The first-order valence-electron chi connectivity index (χ1n) is 5.82. The Morgan fingerprint density at radius 3 is 2.19 bits per heavy atom. The van der Waals surface area contributed by atoms with Crippen LogP contribution in [0.2, 0.25) is 0 Å². The lowest BCUT2D eigenvalue weighted by atomic mass is 10.00. The minimum atomic E-state index is -1.25. The van der Waals surface area contributed by atoms with E-state index >= 15 is 0 Å². The highest BCUT2D eigenvalue weighted by Gasteiger charge is 2.18. The second-order valence-corrected chi connectivity index (χ2v) is 4.76.